The van der Waals surface area contributed by atoms with Gasteiger partial charge in [0.15, 0.2) is 24.3 Å². The Kier molecular flexibility index (Phi) is 3.61. The molecular formula is C11H18O7. The second-order valence-electron chi connectivity index (χ2n) is 4.89. The van der Waals surface area contributed by atoms with Gasteiger partial charge in [-0.05, 0) is 13.8 Å². The minimum absolute atomic E-state index is 0.495. The van der Waals surface area contributed by atoms with Crippen molar-refractivity contribution in [2.24, 2.45) is 0 Å². The van der Waals surface area contributed by atoms with E-state index in [9.17, 15) is 9.90 Å². The van der Waals surface area contributed by atoms with Crippen molar-refractivity contribution in [3.05, 3.63) is 0 Å². The van der Waals surface area contributed by atoms with Gasteiger partial charge in [-0.1, -0.05) is 0 Å². The van der Waals surface area contributed by atoms with Crippen molar-refractivity contribution in [3.8, 4) is 0 Å². The Morgan fingerprint density at radius 3 is 2.67 bits per heavy atom. The number of carbonyl (C=O) groups is 1. The third-order valence-corrected chi connectivity index (χ3v) is 2.90. The van der Waals surface area contributed by atoms with Crippen molar-refractivity contribution in [2.45, 2.75) is 57.3 Å². The van der Waals surface area contributed by atoms with E-state index in [1.165, 1.54) is 6.92 Å². The molecule has 3 unspecified atom stereocenters. The maximum absolute atomic E-state index is 11.1. The molecule has 0 aliphatic carbocycles. The number of rotatable bonds is 3. The minimum Gasteiger partial charge on any atom is -0.457 e. The van der Waals surface area contributed by atoms with Crippen molar-refractivity contribution in [3.63, 3.8) is 0 Å². The normalized spacial score (nSPS) is 39.4. The molecular weight excluding hydrogens is 244 g/mol. The van der Waals surface area contributed by atoms with E-state index in [1.807, 2.05) is 0 Å². The number of aliphatic hydroxyl groups is 2. The van der Waals surface area contributed by atoms with Crippen LogP contribution in [0.25, 0.3) is 0 Å². The number of hydrogen-bond acceptors (Lipinski definition) is 7. The maximum Gasteiger partial charge on any atom is 0.303 e. The molecule has 7 heteroatoms. The summed E-state index contributed by atoms with van der Waals surface area (Å²) < 4.78 is 21.6. The van der Waals surface area contributed by atoms with E-state index in [1.54, 1.807) is 13.8 Å². The fourth-order valence-corrected chi connectivity index (χ4v) is 2.24. The highest BCUT2D eigenvalue weighted by Crippen LogP contribution is 2.39. The molecule has 0 aromatic heterocycles. The number of fused-ring (bicyclic) bond motifs is 1. The summed E-state index contributed by atoms with van der Waals surface area (Å²) in [5, 5.41) is 18.6. The van der Waals surface area contributed by atoms with Crippen LogP contribution in [0.1, 0.15) is 20.8 Å². The molecule has 2 aliphatic rings. The van der Waals surface area contributed by atoms with Gasteiger partial charge in [0.2, 0.25) is 0 Å². The van der Waals surface area contributed by atoms with Gasteiger partial charge in [-0.15, -0.1) is 0 Å². The number of ether oxygens (including phenoxy) is 4. The highest BCUT2D eigenvalue weighted by Gasteiger charge is 2.57. The zero-order chi connectivity index (χ0) is 13.5. The van der Waals surface area contributed by atoms with Crippen LogP contribution in [0.2, 0.25) is 0 Å². The van der Waals surface area contributed by atoms with E-state index >= 15 is 0 Å². The van der Waals surface area contributed by atoms with E-state index in [0.29, 0.717) is 0 Å². The summed E-state index contributed by atoms with van der Waals surface area (Å²) in [6.07, 6.45) is -4.12. The van der Waals surface area contributed by atoms with Crippen molar-refractivity contribution in [1.29, 1.82) is 0 Å². The molecule has 104 valence electrons. The Hall–Kier alpha value is -0.730. The van der Waals surface area contributed by atoms with E-state index in [4.69, 9.17) is 24.1 Å². The fourth-order valence-electron chi connectivity index (χ4n) is 2.24. The van der Waals surface area contributed by atoms with Crippen LogP contribution in [-0.2, 0) is 23.7 Å². The van der Waals surface area contributed by atoms with Gasteiger partial charge in [-0.2, -0.15) is 0 Å². The Morgan fingerprint density at radius 1 is 1.44 bits per heavy atom. The van der Waals surface area contributed by atoms with E-state index < -0.39 is 49.1 Å². The van der Waals surface area contributed by atoms with E-state index in [0.717, 1.165) is 0 Å². The monoisotopic (exact) mass is 262 g/mol. The molecule has 2 N–H and O–H groups in total. The number of hydrogen-bond donors (Lipinski definition) is 2. The third kappa shape index (κ3) is 2.50. The van der Waals surface area contributed by atoms with Gasteiger partial charge in [0.25, 0.3) is 0 Å². The molecule has 2 fully saturated rings. The van der Waals surface area contributed by atoms with E-state index in [-0.39, 0.29) is 0 Å². The first-order valence-electron chi connectivity index (χ1n) is 5.81. The SMILES string of the molecule is CC(=O)OC1C2OC(C)(C)O[C@H]2O[C@H]1C(O)CO. The Balaban J connectivity index is 2.14. The summed E-state index contributed by atoms with van der Waals surface area (Å²) in [5.41, 5.74) is 0. The van der Waals surface area contributed by atoms with Gasteiger partial charge in [0.1, 0.15) is 12.2 Å². The molecule has 0 bridgehead atoms. The maximum atomic E-state index is 11.1. The second-order valence-corrected chi connectivity index (χ2v) is 4.89. The standard InChI is InChI=1S/C11H18O7/c1-5(13)15-8-7(6(14)4-12)16-10-9(8)17-11(2,3)18-10/h6-10,12,14H,4H2,1-3H3/t6?,7-,8?,9?,10+/m0/s1. The van der Waals surface area contributed by atoms with Gasteiger partial charge < -0.3 is 29.2 Å². The molecule has 0 amide bonds. The Labute approximate surface area is 105 Å². The lowest BCUT2D eigenvalue weighted by Gasteiger charge is -2.27. The highest BCUT2D eigenvalue weighted by atomic mass is 16.8. The summed E-state index contributed by atoms with van der Waals surface area (Å²) in [6.45, 7) is 4.20. The van der Waals surface area contributed by atoms with Crippen molar-refractivity contribution in [2.75, 3.05) is 6.61 Å². The predicted molar refractivity (Wildman–Crippen MR) is 57.3 cm³/mol. The molecule has 7 nitrogen and oxygen atoms in total. The average molecular weight is 262 g/mol. The van der Waals surface area contributed by atoms with Crippen LogP contribution in [0.15, 0.2) is 0 Å². The van der Waals surface area contributed by atoms with Gasteiger partial charge in [0.05, 0.1) is 6.61 Å². The zero-order valence-corrected chi connectivity index (χ0v) is 10.5. The third-order valence-electron chi connectivity index (χ3n) is 2.90. The van der Waals surface area contributed by atoms with Crippen molar-refractivity contribution in [1.82, 2.24) is 0 Å². The van der Waals surface area contributed by atoms with Gasteiger partial charge in [-0.25, -0.2) is 0 Å². The molecule has 2 heterocycles. The van der Waals surface area contributed by atoms with Crippen LogP contribution >= 0.6 is 0 Å². The van der Waals surface area contributed by atoms with Crippen molar-refractivity contribution < 1.29 is 34.0 Å². The lowest BCUT2D eigenvalue weighted by atomic mass is 10.1. The molecule has 0 saturated carbocycles. The first-order chi connectivity index (χ1) is 8.34. The first-order valence-corrected chi connectivity index (χ1v) is 5.81. The number of aliphatic hydroxyl groups excluding tert-OH is 2. The summed E-state index contributed by atoms with van der Waals surface area (Å²) in [4.78, 5) is 11.1. The molecule has 0 aromatic carbocycles. The summed E-state index contributed by atoms with van der Waals surface area (Å²) in [6, 6.07) is 0. The van der Waals surface area contributed by atoms with Crippen LogP contribution in [0.3, 0.4) is 0 Å². The molecule has 0 aromatic rings. The van der Waals surface area contributed by atoms with Gasteiger partial charge >= 0.3 is 5.97 Å². The minimum atomic E-state index is -1.16. The van der Waals surface area contributed by atoms with Gasteiger partial charge in [-0.3, -0.25) is 4.79 Å². The summed E-state index contributed by atoms with van der Waals surface area (Å²) in [5.74, 6) is -1.34. The Bertz CT molecular complexity index is 329. The lowest BCUT2D eigenvalue weighted by Crippen LogP contribution is -2.44. The molecule has 2 saturated heterocycles. The highest BCUT2D eigenvalue weighted by molar-refractivity contribution is 5.66. The molecule has 5 atom stereocenters. The first kappa shape index (κ1) is 13.7. The second kappa shape index (κ2) is 4.75. The lowest BCUT2D eigenvalue weighted by molar-refractivity contribution is -0.230. The van der Waals surface area contributed by atoms with Crippen LogP contribution in [-0.4, -0.2) is 59.3 Å². The molecule has 2 rings (SSSR count). The average Bonchev–Trinajstić information content (AvgIpc) is 2.71. The van der Waals surface area contributed by atoms with Crippen LogP contribution in [0.5, 0.6) is 0 Å². The smallest absolute Gasteiger partial charge is 0.303 e. The van der Waals surface area contributed by atoms with Crippen molar-refractivity contribution >= 4 is 5.97 Å². The fraction of sp³-hybridized carbons (Fsp3) is 0.909. The summed E-state index contributed by atoms with van der Waals surface area (Å²) >= 11 is 0. The van der Waals surface area contributed by atoms with Crippen LogP contribution in [0.4, 0.5) is 0 Å². The van der Waals surface area contributed by atoms with Crippen LogP contribution < -0.4 is 0 Å². The molecule has 18 heavy (non-hydrogen) atoms. The molecule has 0 spiro atoms. The topological polar surface area (TPSA) is 94.5 Å². The molecule has 2 aliphatic heterocycles. The van der Waals surface area contributed by atoms with E-state index in [2.05, 4.69) is 0 Å². The quantitative estimate of drug-likeness (QED) is 0.639. The Morgan fingerprint density at radius 2 is 2.11 bits per heavy atom. The largest absolute Gasteiger partial charge is 0.457 e. The molecule has 0 radical (unpaired) electrons. The number of esters is 1. The van der Waals surface area contributed by atoms with Crippen LogP contribution in [0, 0.1) is 0 Å². The zero-order valence-electron chi connectivity index (χ0n) is 10.5. The number of carbonyl (C=O) groups excluding carboxylic acids is 1. The predicted octanol–water partition coefficient (Wildman–Crippen LogP) is -0.852. The summed E-state index contributed by atoms with van der Waals surface area (Å²) in [7, 11) is 0. The van der Waals surface area contributed by atoms with Gasteiger partial charge in [0, 0.05) is 6.92 Å².